The average Bonchev–Trinajstić information content (AvgIpc) is 3.66. The third kappa shape index (κ3) is 63.9. The molecule has 540 valence electrons. The van der Waals surface area contributed by atoms with E-state index in [0.717, 1.165) is 121 Å². The molecule has 0 spiro atoms. The van der Waals surface area contributed by atoms with Crippen LogP contribution in [-0.4, -0.2) is 96.7 Å². The maximum atomic E-state index is 13.1. The van der Waals surface area contributed by atoms with E-state index in [0.29, 0.717) is 25.7 Å². The number of phosphoric acid groups is 2. The highest BCUT2D eigenvalue weighted by molar-refractivity contribution is 7.47. The van der Waals surface area contributed by atoms with Crippen LogP contribution in [0.5, 0.6) is 0 Å². The van der Waals surface area contributed by atoms with Crippen LogP contribution in [0, 0.1) is 11.8 Å². The first-order valence-corrected chi connectivity index (χ1v) is 40.6. The van der Waals surface area contributed by atoms with Crippen LogP contribution in [0.25, 0.3) is 0 Å². The SMILES string of the molecule is CCCCCCCCCCC(=O)O[C@H](COC(=O)CCCCCCCCC)COP(=O)(O)OC[C@H](O)COP(=O)(O)OC[C@@H](COC(=O)CCCCCCCCCCCCCCCCC(C)CC)OC(=O)CCCCCCCCCCCCCCCCC(C)CC. The van der Waals surface area contributed by atoms with Crippen molar-refractivity contribution in [3.8, 4) is 0 Å². The third-order valence-corrected chi connectivity index (χ3v) is 19.3. The van der Waals surface area contributed by atoms with Crippen LogP contribution < -0.4 is 0 Å². The topological polar surface area (TPSA) is 237 Å². The second kappa shape index (κ2) is 64.1. The van der Waals surface area contributed by atoms with Gasteiger partial charge in [-0.05, 0) is 37.5 Å². The Balaban J connectivity index is 5.16. The molecule has 0 aliphatic carbocycles. The molecule has 0 saturated heterocycles. The molecule has 7 atom stereocenters. The molecule has 0 saturated carbocycles. The number of phosphoric ester groups is 2. The van der Waals surface area contributed by atoms with Crippen molar-refractivity contribution in [2.75, 3.05) is 39.6 Å². The molecular formula is C72H140O17P2. The van der Waals surface area contributed by atoms with E-state index in [9.17, 15) is 43.2 Å². The predicted octanol–water partition coefficient (Wildman–Crippen LogP) is 20.8. The summed E-state index contributed by atoms with van der Waals surface area (Å²) in [5.74, 6) is -0.433. The summed E-state index contributed by atoms with van der Waals surface area (Å²) in [6, 6.07) is 0. The Kier molecular flexibility index (Phi) is 62.7. The molecule has 0 bridgehead atoms. The van der Waals surface area contributed by atoms with Crippen LogP contribution in [-0.2, 0) is 65.4 Å². The molecule has 3 N–H and O–H groups in total. The number of hydrogen-bond donors (Lipinski definition) is 3. The number of carbonyl (C=O) groups is 4. The highest BCUT2D eigenvalue weighted by atomic mass is 31.2. The van der Waals surface area contributed by atoms with Crippen molar-refractivity contribution in [3.63, 3.8) is 0 Å². The molecule has 91 heavy (non-hydrogen) atoms. The molecule has 0 aliphatic rings. The summed E-state index contributed by atoms with van der Waals surface area (Å²) in [7, 11) is -9.89. The molecule has 0 rings (SSSR count). The van der Waals surface area contributed by atoms with E-state index >= 15 is 0 Å². The number of unbranched alkanes of at least 4 members (excludes halogenated alkanes) is 39. The van der Waals surface area contributed by atoms with E-state index in [1.165, 1.54) is 167 Å². The second-order valence-corrected chi connectivity index (χ2v) is 29.4. The van der Waals surface area contributed by atoms with Gasteiger partial charge in [0.15, 0.2) is 12.2 Å². The fraction of sp³-hybridized carbons (Fsp3) is 0.944. The van der Waals surface area contributed by atoms with Gasteiger partial charge in [-0.2, -0.15) is 0 Å². The smallest absolute Gasteiger partial charge is 0.462 e. The zero-order valence-electron chi connectivity index (χ0n) is 59.1. The number of rotatable bonds is 71. The number of hydrogen-bond acceptors (Lipinski definition) is 15. The number of aliphatic hydroxyl groups excluding tert-OH is 1. The van der Waals surface area contributed by atoms with Crippen molar-refractivity contribution in [1.29, 1.82) is 0 Å². The third-order valence-electron chi connectivity index (χ3n) is 17.4. The van der Waals surface area contributed by atoms with E-state index < -0.39 is 97.5 Å². The summed E-state index contributed by atoms with van der Waals surface area (Å²) in [5, 5.41) is 10.6. The van der Waals surface area contributed by atoms with Gasteiger partial charge in [-0.1, -0.05) is 318 Å². The summed E-state index contributed by atoms with van der Waals surface area (Å²) in [6.45, 7) is 9.60. The van der Waals surface area contributed by atoms with Gasteiger partial charge in [-0.25, -0.2) is 9.13 Å². The maximum Gasteiger partial charge on any atom is 0.472 e. The number of aliphatic hydroxyl groups is 1. The molecule has 0 aromatic carbocycles. The van der Waals surface area contributed by atoms with Gasteiger partial charge in [-0.15, -0.1) is 0 Å². The van der Waals surface area contributed by atoms with E-state index in [2.05, 4.69) is 41.5 Å². The second-order valence-electron chi connectivity index (χ2n) is 26.5. The fourth-order valence-corrected chi connectivity index (χ4v) is 12.5. The average molecular weight is 1340 g/mol. The first kappa shape index (κ1) is 89.1. The lowest BCUT2D eigenvalue weighted by atomic mass is 9.99. The van der Waals surface area contributed by atoms with Crippen LogP contribution in [0.1, 0.15) is 369 Å². The van der Waals surface area contributed by atoms with Crippen LogP contribution in [0.2, 0.25) is 0 Å². The molecular weight excluding hydrogens is 1200 g/mol. The zero-order valence-corrected chi connectivity index (χ0v) is 60.9. The summed E-state index contributed by atoms with van der Waals surface area (Å²) < 4.78 is 68.2. The quantitative estimate of drug-likeness (QED) is 0.0222. The van der Waals surface area contributed by atoms with E-state index in [1.54, 1.807) is 0 Å². The van der Waals surface area contributed by atoms with Gasteiger partial charge in [0.05, 0.1) is 26.4 Å². The first-order valence-electron chi connectivity index (χ1n) is 37.6. The van der Waals surface area contributed by atoms with Crippen LogP contribution in [0.4, 0.5) is 0 Å². The molecule has 0 aromatic rings. The minimum atomic E-state index is -4.95. The predicted molar refractivity (Wildman–Crippen MR) is 368 cm³/mol. The normalized spacial score (nSPS) is 14.7. The number of carbonyl (C=O) groups excluding carboxylic acids is 4. The first-order chi connectivity index (χ1) is 43.9. The molecule has 0 aromatic heterocycles. The molecule has 0 heterocycles. The Morgan fingerprint density at radius 3 is 0.780 bits per heavy atom. The molecule has 0 radical (unpaired) electrons. The van der Waals surface area contributed by atoms with Crippen molar-refractivity contribution < 1.29 is 80.2 Å². The lowest BCUT2D eigenvalue weighted by molar-refractivity contribution is -0.161. The Morgan fingerprint density at radius 1 is 0.308 bits per heavy atom. The van der Waals surface area contributed by atoms with Crippen molar-refractivity contribution in [2.45, 2.75) is 387 Å². The lowest BCUT2D eigenvalue weighted by Gasteiger charge is -2.21. The Morgan fingerprint density at radius 2 is 0.527 bits per heavy atom. The molecule has 19 heteroatoms. The van der Waals surface area contributed by atoms with Gasteiger partial charge in [-0.3, -0.25) is 37.3 Å². The molecule has 0 aliphatic heterocycles. The molecule has 17 nitrogen and oxygen atoms in total. The summed E-state index contributed by atoms with van der Waals surface area (Å²) in [6.07, 6.45) is 50.1. The minimum Gasteiger partial charge on any atom is -0.462 e. The standard InChI is InChI=1S/C72H140O17P2/c1-7-11-13-15-17-37-44-50-56-71(76)88-67(60-82-69(74)54-48-42-34-16-14-12-8-2)62-86-90(78,79)84-58-66(73)59-85-91(80,81)87-63-68(89-72(77)57-51-45-39-33-29-25-21-19-23-27-31-36-41-47-53-65(6)10-4)61-83-70(75)55-49-43-38-32-28-24-20-18-22-26-30-35-40-46-52-64(5)9-3/h64-68,73H,7-63H2,1-6H3,(H,78,79)(H,80,81)/t64?,65?,66-,67+,68+/m0/s1. The molecule has 0 fully saturated rings. The van der Waals surface area contributed by atoms with Gasteiger partial charge in [0.1, 0.15) is 19.3 Å². The van der Waals surface area contributed by atoms with Gasteiger partial charge in [0.2, 0.25) is 0 Å². The Hall–Kier alpha value is -1.94. The van der Waals surface area contributed by atoms with Crippen LogP contribution >= 0.6 is 15.6 Å². The van der Waals surface area contributed by atoms with E-state index in [-0.39, 0.29) is 25.7 Å². The Labute approximate surface area is 556 Å². The highest BCUT2D eigenvalue weighted by Gasteiger charge is 2.30. The van der Waals surface area contributed by atoms with E-state index in [4.69, 9.17) is 37.0 Å². The van der Waals surface area contributed by atoms with Gasteiger partial charge < -0.3 is 33.8 Å². The summed E-state index contributed by atoms with van der Waals surface area (Å²) in [5.41, 5.74) is 0. The van der Waals surface area contributed by atoms with Gasteiger partial charge >= 0.3 is 39.5 Å². The van der Waals surface area contributed by atoms with Gasteiger partial charge in [0, 0.05) is 25.7 Å². The summed E-state index contributed by atoms with van der Waals surface area (Å²) in [4.78, 5) is 72.4. The van der Waals surface area contributed by atoms with Crippen molar-refractivity contribution in [3.05, 3.63) is 0 Å². The minimum absolute atomic E-state index is 0.105. The zero-order chi connectivity index (χ0) is 67.2. The van der Waals surface area contributed by atoms with Crippen molar-refractivity contribution in [2.24, 2.45) is 11.8 Å². The Bertz CT molecular complexity index is 1770. The summed E-state index contributed by atoms with van der Waals surface area (Å²) >= 11 is 0. The largest absolute Gasteiger partial charge is 0.472 e. The maximum absolute atomic E-state index is 13.1. The van der Waals surface area contributed by atoms with Crippen molar-refractivity contribution >= 4 is 39.5 Å². The van der Waals surface area contributed by atoms with Gasteiger partial charge in [0.25, 0.3) is 0 Å². The monoisotopic (exact) mass is 1340 g/mol. The number of esters is 4. The van der Waals surface area contributed by atoms with Crippen molar-refractivity contribution in [1.82, 2.24) is 0 Å². The molecule has 4 unspecified atom stereocenters. The molecule has 0 amide bonds. The van der Waals surface area contributed by atoms with Crippen LogP contribution in [0.3, 0.4) is 0 Å². The lowest BCUT2D eigenvalue weighted by Crippen LogP contribution is -2.30. The highest BCUT2D eigenvalue weighted by Crippen LogP contribution is 2.45. The van der Waals surface area contributed by atoms with Crippen LogP contribution in [0.15, 0.2) is 0 Å². The fourth-order valence-electron chi connectivity index (χ4n) is 10.9. The number of ether oxygens (including phenoxy) is 4. The van der Waals surface area contributed by atoms with E-state index in [1.807, 2.05) is 0 Å².